The third kappa shape index (κ3) is 4.77. The molecule has 1 unspecified atom stereocenters. The number of hydrogen-bond donors (Lipinski definition) is 2. The van der Waals surface area contributed by atoms with Gasteiger partial charge in [-0.3, -0.25) is 9.59 Å². The van der Waals surface area contributed by atoms with Gasteiger partial charge in [0.25, 0.3) is 11.5 Å². The Kier molecular flexibility index (Phi) is 5.65. The Bertz CT molecular complexity index is 843. The standard InChI is InChI=1S/C19H20F3N3O2/c20-19(21,22)14-10-15(17(26)23-11-14)18(27)24-16(12-25-8-4-5-9-25)13-6-2-1-3-7-13/h1-3,6-7,10-11,16H,4-5,8-9,12H2,(H,23,26)(H,24,27). The average Bonchev–Trinajstić information content (AvgIpc) is 3.14. The molecule has 2 N–H and O–H groups in total. The van der Waals surface area contributed by atoms with E-state index < -0.39 is 34.8 Å². The van der Waals surface area contributed by atoms with E-state index in [0.717, 1.165) is 31.5 Å². The SMILES string of the molecule is O=C(NC(CN1CCCC1)c1ccccc1)c1cc(C(F)(F)F)c[nH]c1=O. The number of nitrogens with zero attached hydrogens (tertiary/aromatic N) is 1. The van der Waals surface area contributed by atoms with Gasteiger partial charge in [-0.25, -0.2) is 0 Å². The largest absolute Gasteiger partial charge is 0.417 e. The highest BCUT2D eigenvalue weighted by Crippen LogP contribution is 2.28. The van der Waals surface area contributed by atoms with Gasteiger partial charge < -0.3 is 15.2 Å². The van der Waals surface area contributed by atoms with Gasteiger partial charge in [0.1, 0.15) is 5.56 Å². The number of carbonyl (C=O) groups is 1. The van der Waals surface area contributed by atoms with E-state index in [1.807, 2.05) is 35.3 Å². The Balaban J connectivity index is 1.85. The van der Waals surface area contributed by atoms with Crippen molar-refractivity contribution in [1.82, 2.24) is 15.2 Å². The van der Waals surface area contributed by atoms with Crippen molar-refractivity contribution in [3.8, 4) is 0 Å². The summed E-state index contributed by atoms with van der Waals surface area (Å²) in [4.78, 5) is 28.7. The van der Waals surface area contributed by atoms with Crippen molar-refractivity contribution < 1.29 is 18.0 Å². The molecule has 1 aliphatic heterocycles. The number of likely N-dealkylation sites (tertiary alicyclic amines) is 1. The van der Waals surface area contributed by atoms with Gasteiger partial charge in [0.15, 0.2) is 0 Å². The Labute approximate surface area is 154 Å². The fraction of sp³-hybridized carbons (Fsp3) is 0.368. The molecule has 0 bridgehead atoms. The Morgan fingerprint density at radius 1 is 1.19 bits per heavy atom. The number of H-pyrrole nitrogens is 1. The van der Waals surface area contributed by atoms with E-state index in [1.54, 1.807) is 0 Å². The molecule has 1 fully saturated rings. The maximum Gasteiger partial charge on any atom is 0.417 e. The lowest BCUT2D eigenvalue weighted by Gasteiger charge is -2.25. The molecule has 1 saturated heterocycles. The van der Waals surface area contributed by atoms with Crippen molar-refractivity contribution in [3.05, 3.63) is 69.6 Å². The molecule has 0 spiro atoms. The summed E-state index contributed by atoms with van der Waals surface area (Å²) in [5, 5.41) is 2.73. The second kappa shape index (κ2) is 7.96. The van der Waals surface area contributed by atoms with E-state index >= 15 is 0 Å². The molecule has 0 radical (unpaired) electrons. The summed E-state index contributed by atoms with van der Waals surface area (Å²) in [5.74, 6) is -0.824. The summed E-state index contributed by atoms with van der Waals surface area (Å²) in [5.41, 5.74) is -1.63. The van der Waals surface area contributed by atoms with Gasteiger partial charge in [0.05, 0.1) is 11.6 Å². The molecule has 1 aliphatic rings. The number of carbonyl (C=O) groups excluding carboxylic acids is 1. The van der Waals surface area contributed by atoms with Crippen LogP contribution in [0.25, 0.3) is 0 Å². The lowest BCUT2D eigenvalue weighted by Crippen LogP contribution is -2.39. The minimum atomic E-state index is -4.65. The molecule has 0 aliphatic carbocycles. The summed E-state index contributed by atoms with van der Waals surface area (Å²) < 4.78 is 38.7. The molecule has 1 aromatic carbocycles. The highest BCUT2D eigenvalue weighted by molar-refractivity contribution is 5.94. The van der Waals surface area contributed by atoms with Gasteiger partial charge in [-0.1, -0.05) is 30.3 Å². The van der Waals surface area contributed by atoms with E-state index in [4.69, 9.17) is 0 Å². The second-order valence-corrected chi connectivity index (χ2v) is 6.57. The van der Waals surface area contributed by atoms with Gasteiger partial charge in [0, 0.05) is 12.7 Å². The molecule has 2 heterocycles. The van der Waals surface area contributed by atoms with Crippen LogP contribution in [0.2, 0.25) is 0 Å². The summed E-state index contributed by atoms with van der Waals surface area (Å²) in [6.07, 6.45) is -1.93. The smallest absolute Gasteiger partial charge is 0.344 e. The van der Waals surface area contributed by atoms with E-state index in [2.05, 4.69) is 10.2 Å². The maximum absolute atomic E-state index is 12.9. The van der Waals surface area contributed by atoms with Gasteiger partial charge in [-0.15, -0.1) is 0 Å². The fourth-order valence-corrected chi connectivity index (χ4v) is 3.20. The lowest BCUT2D eigenvalue weighted by molar-refractivity contribution is -0.137. The Morgan fingerprint density at radius 3 is 2.48 bits per heavy atom. The first-order valence-electron chi connectivity index (χ1n) is 8.72. The minimum absolute atomic E-state index is 0.425. The number of aromatic nitrogens is 1. The van der Waals surface area contributed by atoms with Gasteiger partial charge >= 0.3 is 6.18 Å². The van der Waals surface area contributed by atoms with Crippen LogP contribution in [-0.2, 0) is 6.18 Å². The van der Waals surface area contributed by atoms with E-state index in [0.29, 0.717) is 18.8 Å². The lowest BCUT2D eigenvalue weighted by atomic mass is 10.1. The van der Waals surface area contributed by atoms with Crippen LogP contribution in [-0.4, -0.2) is 35.4 Å². The number of hydrogen-bond acceptors (Lipinski definition) is 3. The minimum Gasteiger partial charge on any atom is -0.344 e. The van der Waals surface area contributed by atoms with Gasteiger partial charge in [-0.2, -0.15) is 13.2 Å². The number of benzene rings is 1. The summed E-state index contributed by atoms with van der Waals surface area (Å²) in [6, 6.07) is 9.35. The van der Waals surface area contributed by atoms with Crippen molar-refractivity contribution in [2.45, 2.75) is 25.1 Å². The molecule has 1 amide bonds. The quantitative estimate of drug-likeness (QED) is 0.840. The number of rotatable bonds is 5. The molecule has 0 saturated carbocycles. The molecule has 8 heteroatoms. The molecule has 27 heavy (non-hydrogen) atoms. The van der Waals surface area contributed by atoms with Crippen LogP contribution >= 0.6 is 0 Å². The number of alkyl halides is 3. The van der Waals surface area contributed by atoms with Crippen LogP contribution < -0.4 is 10.9 Å². The fourth-order valence-electron chi connectivity index (χ4n) is 3.20. The molecule has 1 aromatic heterocycles. The van der Waals surface area contributed by atoms with Crippen molar-refractivity contribution in [1.29, 1.82) is 0 Å². The molecule has 5 nitrogen and oxygen atoms in total. The van der Waals surface area contributed by atoms with Crippen molar-refractivity contribution in [2.24, 2.45) is 0 Å². The first-order valence-corrected chi connectivity index (χ1v) is 8.72. The normalized spacial score (nSPS) is 16.3. The molecule has 144 valence electrons. The number of nitrogens with one attached hydrogen (secondary N) is 2. The molecular weight excluding hydrogens is 359 g/mol. The number of pyridine rings is 1. The summed E-state index contributed by atoms with van der Waals surface area (Å²) in [7, 11) is 0. The molecule has 3 rings (SSSR count). The monoisotopic (exact) mass is 379 g/mol. The van der Waals surface area contributed by atoms with Gasteiger partial charge in [-0.05, 0) is 37.6 Å². The van der Waals surface area contributed by atoms with Crippen LogP contribution in [0, 0.1) is 0 Å². The topological polar surface area (TPSA) is 65.2 Å². The Hall–Kier alpha value is -2.61. The molecular formula is C19H20F3N3O2. The number of halogens is 3. The van der Waals surface area contributed by atoms with E-state index in [1.165, 1.54) is 0 Å². The predicted molar refractivity (Wildman–Crippen MR) is 94.4 cm³/mol. The van der Waals surface area contributed by atoms with E-state index in [9.17, 15) is 22.8 Å². The van der Waals surface area contributed by atoms with Crippen LogP contribution in [0.1, 0.15) is 40.4 Å². The number of amides is 1. The van der Waals surface area contributed by atoms with Crippen LogP contribution in [0.5, 0.6) is 0 Å². The third-order valence-electron chi connectivity index (χ3n) is 4.62. The van der Waals surface area contributed by atoms with Gasteiger partial charge in [0.2, 0.25) is 0 Å². The van der Waals surface area contributed by atoms with Crippen molar-refractivity contribution >= 4 is 5.91 Å². The van der Waals surface area contributed by atoms with Crippen molar-refractivity contribution in [2.75, 3.05) is 19.6 Å². The zero-order valence-electron chi connectivity index (χ0n) is 14.6. The highest BCUT2D eigenvalue weighted by atomic mass is 19.4. The zero-order valence-corrected chi connectivity index (χ0v) is 14.6. The summed E-state index contributed by atoms with van der Waals surface area (Å²) in [6.45, 7) is 2.35. The summed E-state index contributed by atoms with van der Waals surface area (Å²) >= 11 is 0. The first-order chi connectivity index (χ1) is 12.8. The van der Waals surface area contributed by atoms with Crippen LogP contribution in [0.3, 0.4) is 0 Å². The zero-order chi connectivity index (χ0) is 19.4. The maximum atomic E-state index is 12.9. The third-order valence-corrected chi connectivity index (χ3v) is 4.62. The van der Waals surface area contributed by atoms with Crippen LogP contribution in [0.15, 0.2) is 47.4 Å². The highest BCUT2D eigenvalue weighted by Gasteiger charge is 2.32. The average molecular weight is 379 g/mol. The molecule has 1 atom stereocenters. The van der Waals surface area contributed by atoms with Crippen LogP contribution in [0.4, 0.5) is 13.2 Å². The van der Waals surface area contributed by atoms with Crippen molar-refractivity contribution in [3.63, 3.8) is 0 Å². The first kappa shape index (κ1) is 19.2. The molecule has 2 aromatic rings. The number of aromatic amines is 1. The second-order valence-electron chi connectivity index (χ2n) is 6.57. The predicted octanol–water partition coefficient (Wildman–Crippen LogP) is 2.96. The van der Waals surface area contributed by atoms with E-state index in [-0.39, 0.29) is 0 Å². The Morgan fingerprint density at radius 2 is 1.85 bits per heavy atom.